The molecule has 0 saturated heterocycles. The molecule has 0 aliphatic heterocycles. The summed E-state index contributed by atoms with van der Waals surface area (Å²) >= 11 is 3.27. The van der Waals surface area contributed by atoms with Crippen molar-refractivity contribution in [1.29, 1.82) is 0 Å². The van der Waals surface area contributed by atoms with Gasteiger partial charge in [0.25, 0.3) is 0 Å². The van der Waals surface area contributed by atoms with E-state index in [9.17, 15) is 14.7 Å². The molecule has 1 aromatic carbocycles. The van der Waals surface area contributed by atoms with Crippen LogP contribution in [0.25, 0.3) is 0 Å². The van der Waals surface area contributed by atoms with E-state index in [1.165, 1.54) is 7.11 Å². The van der Waals surface area contributed by atoms with E-state index in [0.717, 1.165) is 0 Å². The number of carbonyl (C=O) groups is 2. The van der Waals surface area contributed by atoms with Crippen LogP contribution in [0.1, 0.15) is 18.4 Å². The van der Waals surface area contributed by atoms with E-state index in [1.807, 2.05) is 0 Å². The fourth-order valence-corrected chi connectivity index (χ4v) is 2.45. The van der Waals surface area contributed by atoms with Gasteiger partial charge in [0.15, 0.2) is 0 Å². The Bertz CT molecular complexity index is 436. The van der Waals surface area contributed by atoms with Crippen molar-refractivity contribution in [3.05, 3.63) is 35.9 Å². The van der Waals surface area contributed by atoms with Crippen molar-refractivity contribution in [3.63, 3.8) is 0 Å². The van der Waals surface area contributed by atoms with Gasteiger partial charge in [0.05, 0.1) is 11.2 Å². The second-order valence-corrected chi connectivity index (χ2v) is 5.30. The minimum Gasteiger partial charge on any atom is -0.361 e. The van der Waals surface area contributed by atoms with Gasteiger partial charge in [-0.3, -0.25) is 4.79 Å². The summed E-state index contributed by atoms with van der Waals surface area (Å²) in [6, 6.07) is 8.69. The number of benzene rings is 1. The number of hydrogen-bond acceptors (Lipinski definition) is 5. The summed E-state index contributed by atoms with van der Waals surface area (Å²) in [4.78, 5) is 21.2. The van der Waals surface area contributed by atoms with Gasteiger partial charge in [0, 0.05) is 19.1 Å². The molecule has 20 heavy (non-hydrogen) atoms. The first kappa shape index (κ1) is 17.0. The second-order valence-electron chi connectivity index (χ2n) is 4.19. The Balaban J connectivity index is 2.92. The van der Waals surface area contributed by atoms with Gasteiger partial charge in [-0.05, 0) is 0 Å². The molecule has 0 spiro atoms. The number of carbonyl (C=O) groups excluding carboxylic acids is 2. The summed E-state index contributed by atoms with van der Waals surface area (Å²) in [6.45, 7) is -0.130. The lowest BCUT2D eigenvalue weighted by Crippen LogP contribution is -2.40. The summed E-state index contributed by atoms with van der Waals surface area (Å²) in [5, 5.41) is 10.7. The molecule has 0 bridgehead atoms. The lowest BCUT2D eigenvalue weighted by Gasteiger charge is -2.32. The van der Waals surface area contributed by atoms with Crippen molar-refractivity contribution in [1.82, 2.24) is 0 Å². The fraction of sp³-hybridized carbons (Fsp3) is 0.429. The van der Waals surface area contributed by atoms with Crippen LogP contribution in [-0.2, 0) is 24.8 Å². The standard InChI is InChI=1S/C14H17BrO5/c1-19-10-20-14(18,11-5-3-2-4-6-11)13(15)9-12(17)7-8-16/h2-6,8,13,18H,7,9-10H2,1H3. The predicted octanol–water partition coefficient (Wildman–Crippen LogP) is 1.76. The summed E-state index contributed by atoms with van der Waals surface area (Å²) in [6.07, 6.45) is 0.324. The zero-order chi connectivity index (χ0) is 15.0. The fourth-order valence-electron chi connectivity index (χ4n) is 1.69. The minimum absolute atomic E-state index is 0.0339. The van der Waals surface area contributed by atoms with Gasteiger partial charge >= 0.3 is 0 Å². The highest BCUT2D eigenvalue weighted by Gasteiger charge is 2.39. The first-order valence-corrected chi connectivity index (χ1v) is 6.96. The molecule has 0 aromatic heterocycles. The molecule has 0 amide bonds. The number of hydrogen-bond donors (Lipinski definition) is 1. The van der Waals surface area contributed by atoms with Crippen LogP contribution < -0.4 is 0 Å². The van der Waals surface area contributed by atoms with E-state index in [1.54, 1.807) is 30.3 Å². The Hall–Kier alpha value is -1.08. The average molecular weight is 345 g/mol. The number of rotatable bonds is 9. The first-order valence-electron chi connectivity index (χ1n) is 6.04. The smallest absolute Gasteiger partial charge is 0.208 e. The highest BCUT2D eigenvalue weighted by molar-refractivity contribution is 9.09. The van der Waals surface area contributed by atoms with Crippen molar-refractivity contribution < 1.29 is 24.2 Å². The molecule has 1 aromatic rings. The third kappa shape index (κ3) is 4.49. The van der Waals surface area contributed by atoms with Crippen LogP contribution in [-0.4, -0.2) is 35.9 Å². The molecule has 2 atom stereocenters. The van der Waals surface area contributed by atoms with Crippen LogP contribution in [0.5, 0.6) is 0 Å². The monoisotopic (exact) mass is 344 g/mol. The largest absolute Gasteiger partial charge is 0.361 e. The predicted molar refractivity (Wildman–Crippen MR) is 76.3 cm³/mol. The topological polar surface area (TPSA) is 72.8 Å². The Morgan fingerprint density at radius 2 is 2.10 bits per heavy atom. The zero-order valence-corrected chi connectivity index (χ0v) is 12.7. The van der Waals surface area contributed by atoms with E-state index in [2.05, 4.69) is 15.9 Å². The third-order valence-corrected chi connectivity index (χ3v) is 3.67. The van der Waals surface area contributed by atoms with Gasteiger partial charge < -0.3 is 19.4 Å². The van der Waals surface area contributed by atoms with Gasteiger partial charge in [-0.1, -0.05) is 46.3 Å². The van der Waals surface area contributed by atoms with Gasteiger partial charge in [-0.15, -0.1) is 0 Å². The van der Waals surface area contributed by atoms with E-state index >= 15 is 0 Å². The van der Waals surface area contributed by atoms with Crippen molar-refractivity contribution in [2.75, 3.05) is 13.9 Å². The van der Waals surface area contributed by atoms with Crippen molar-refractivity contribution in [2.24, 2.45) is 0 Å². The molecule has 5 nitrogen and oxygen atoms in total. The highest BCUT2D eigenvalue weighted by Crippen LogP contribution is 2.33. The molecular formula is C14H17BrO5. The number of methoxy groups -OCH3 is 1. The lowest BCUT2D eigenvalue weighted by atomic mass is 9.98. The highest BCUT2D eigenvalue weighted by atomic mass is 79.9. The quantitative estimate of drug-likeness (QED) is 0.320. The first-order chi connectivity index (χ1) is 9.54. The second kappa shape index (κ2) is 8.26. The van der Waals surface area contributed by atoms with Crippen molar-refractivity contribution in [3.8, 4) is 0 Å². The van der Waals surface area contributed by atoms with Crippen molar-refractivity contribution in [2.45, 2.75) is 23.5 Å². The maximum absolute atomic E-state index is 11.5. The molecule has 0 radical (unpaired) electrons. The van der Waals surface area contributed by atoms with Crippen LogP contribution in [0.15, 0.2) is 30.3 Å². The molecule has 1 rings (SSSR count). The van der Waals surface area contributed by atoms with E-state index in [-0.39, 0.29) is 25.4 Å². The number of alkyl halides is 1. The van der Waals surface area contributed by atoms with Crippen LogP contribution in [0.3, 0.4) is 0 Å². The summed E-state index contributed by atoms with van der Waals surface area (Å²) in [5.41, 5.74) is 0.498. The molecule has 110 valence electrons. The van der Waals surface area contributed by atoms with Gasteiger partial charge in [0.1, 0.15) is 18.9 Å². The average Bonchev–Trinajstić information content (AvgIpc) is 2.45. The van der Waals surface area contributed by atoms with Gasteiger partial charge in [0.2, 0.25) is 5.79 Å². The summed E-state index contributed by atoms with van der Waals surface area (Å²) in [5.74, 6) is -1.99. The maximum Gasteiger partial charge on any atom is 0.208 e. The van der Waals surface area contributed by atoms with E-state index in [0.29, 0.717) is 11.8 Å². The molecule has 6 heteroatoms. The van der Waals surface area contributed by atoms with Gasteiger partial charge in [-0.25, -0.2) is 0 Å². The number of ether oxygens (including phenoxy) is 2. The lowest BCUT2D eigenvalue weighted by molar-refractivity contribution is -0.250. The molecular weight excluding hydrogens is 328 g/mol. The Morgan fingerprint density at radius 3 is 2.65 bits per heavy atom. The van der Waals surface area contributed by atoms with Crippen LogP contribution in [0.2, 0.25) is 0 Å². The molecule has 1 N–H and O–H groups in total. The SMILES string of the molecule is COCOC(O)(c1ccccc1)C(Br)CC(=O)CC=O. The van der Waals surface area contributed by atoms with Crippen molar-refractivity contribution >= 4 is 28.0 Å². The summed E-state index contributed by atoms with van der Waals surface area (Å²) < 4.78 is 10.2. The molecule has 0 aliphatic rings. The molecule has 2 unspecified atom stereocenters. The van der Waals surface area contributed by atoms with E-state index < -0.39 is 10.6 Å². The third-order valence-electron chi connectivity index (χ3n) is 2.73. The van der Waals surface area contributed by atoms with Gasteiger partial charge in [-0.2, -0.15) is 0 Å². The van der Waals surface area contributed by atoms with Crippen LogP contribution in [0, 0.1) is 0 Å². The van der Waals surface area contributed by atoms with Crippen LogP contribution in [0.4, 0.5) is 0 Å². The Kier molecular flexibility index (Phi) is 7.01. The normalized spacial score (nSPS) is 15.3. The zero-order valence-electron chi connectivity index (χ0n) is 11.1. The minimum atomic E-state index is -1.71. The number of aliphatic hydroxyl groups is 1. The van der Waals surface area contributed by atoms with E-state index in [4.69, 9.17) is 9.47 Å². The maximum atomic E-state index is 11.5. The number of halogens is 1. The molecule has 0 saturated carbocycles. The van der Waals surface area contributed by atoms with Crippen LogP contribution >= 0.6 is 15.9 Å². The number of Topliss-reactive ketones (excluding diaryl/α,β-unsaturated/α-hetero) is 1. The number of ketones is 1. The molecule has 0 heterocycles. The molecule has 0 fully saturated rings. The summed E-state index contributed by atoms with van der Waals surface area (Å²) in [7, 11) is 1.44. The Labute approximate surface area is 126 Å². The Morgan fingerprint density at radius 1 is 1.45 bits per heavy atom. The number of aldehydes is 1. The molecule has 0 aliphatic carbocycles.